The minimum atomic E-state index is -3.52. The summed E-state index contributed by atoms with van der Waals surface area (Å²) in [7, 11) is -1.96. The summed E-state index contributed by atoms with van der Waals surface area (Å²) in [5.74, 6) is 0.399. The zero-order valence-electron chi connectivity index (χ0n) is 14.4. The summed E-state index contributed by atoms with van der Waals surface area (Å²) in [4.78, 5) is 25.2. The number of nitrogens with zero attached hydrogens (tertiary/aromatic N) is 2. The lowest BCUT2D eigenvalue weighted by molar-refractivity contribution is -0.116. The van der Waals surface area contributed by atoms with Gasteiger partial charge in [0.05, 0.1) is 4.90 Å². The highest BCUT2D eigenvalue weighted by atomic mass is 32.2. The lowest BCUT2D eigenvalue weighted by Gasteiger charge is -2.17. The zero-order chi connectivity index (χ0) is 18.4. The molecule has 1 aromatic rings. The molecule has 1 heterocycles. The van der Waals surface area contributed by atoms with E-state index in [1.165, 1.54) is 33.1 Å². The fourth-order valence-corrected chi connectivity index (χ4v) is 4.37. The summed E-state index contributed by atoms with van der Waals surface area (Å²) in [6.45, 7) is 3.05. The van der Waals surface area contributed by atoms with E-state index in [2.05, 4.69) is 5.32 Å². The van der Waals surface area contributed by atoms with Gasteiger partial charge >= 0.3 is 0 Å². The third kappa shape index (κ3) is 5.20. The van der Waals surface area contributed by atoms with Gasteiger partial charge in [-0.05, 0) is 30.7 Å². The molecule has 0 bridgehead atoms. The van der Waals surface area contributed by atoms with Crippen LogP contribution in [0.2, 0.25) is 0 Å². The molecule has 0 aliphatic carbocycles. The Morgan fingerprint density at radius 2 is 2.00 bits per heavy atom. The minimum absolute atomic E-state index is 0.00559. The Hall–Kier alpha value is -1.58. The number of hydrogen-bond donors (Lipinski definition) is 1. The van der Waals surface area contributed by atoms with Crippen LogP contribution in [0.5, 0.6) is 0 Å². The Balaban J connectivity index is 1.97. The number of amides is 2. The van der Waals surface area contributed by atoms with Crippen LogP contribution in [-0.4, -0.2) is 61.2 Å². The molecule has 0 atom stereocenters. The molecule has 2 rings (SSSR count). The number of benzene rings is 1. The molecule has 1 fully saturated rings. The molecule has 0 radical (unpaired) electrons. The van der Waals surface area contributed by atoms with E-state index in [4.69, 9.17) is 0 Å². The van der Waals surface area contributed by atoms with Crippen molar-refractivity contribution in [1.82, 2.24) is 9.21 Å². The van der Waals surface area contributed by atoms with E-state index in [1.807, 2.05) is 6.92 Å². The summed E-state index contributed by atoms with van der Waals surface area (Å²) < 4.78 is 26.2. The van der Waals surface area contributed by atoms with Gasteiger partial charge < -0.3 is 10.2 Å². The van der Waals surface area contributed by atoms with Crippen molar-refractivity contribution in [2.24, 2.45) is 0 Å². The number of hydrogen-bond acceptors (Lipinski definition) is 5. The Bertz CT molecular complexity index is 719. The first-order valence-electron chi connectivity index (χ1n) is 8.12. The number of anilines is 1. The van der Waals surface area contributed by atoms with E-state index >= 15 is 0 Å². The molecular formula is C16H23N3O4S2. The van der Waals surface area contributed by atoms with Gasteiger partial charge in [0, 0.05) is 31.6 Å². The van der Waals surface area contributed by atoms with Crippen LogP contribution in [0.1, 0.15) is 19.8 Å². The third-order valence-electron chi connectivity index (χ3n) is 3.85. The molecule has 0 spiro atoms. The SMILES string of the molecule is CCCCN(C)S(=O)(=O)c1ccc(NC(=O)CN2CCSC2=O)cc1. The normalized spacial score (nSPS) is 15.0. The number of thioether (sulfide) groups is 1. The van der Waals surface area contributed by atoms with Crippen LogP contribution in [0.4, 0.5) is 10.5 Å². The molecule has 9 heteroatoms. The maximum Gasteiger partial charge on any atom is 0.282 e. The van der Waals surface area contributed by atoms with Crippen LogP contribution in [0.15, 0.2) is 29.2 Å². The Morgan fingerprint density at radius 3 is 2.56 bits per heavy atom. The molecule has 7 nitrogen and oxygen atoms in total. The number of sulfonamides is 1. The van der Waals surface area contributed by atoms with Crippen LogP contribution < -0.4 is 5.32 Å². The number of rotatable bonds is 8. The first-order chi connectivity index (χ1) is 11.8. The summed E-state index contributed by atoms with van der Waals surface area (Å²) in [6.07, 6.45) is 1.72. The molecule has 1 saturated heterocycles. The smallest absolute Gasteiger partial charge is 0.282 e. The van der Waals surface area contributed by atoms with Gasteiger partial charge in [-0.15, -0.1) is 0 Å². The van der Waals surface area contributed by atoms with Gasteiger partial charge in [0.2, 0.25) is 15.9 Å². The average molecular weight is 386 g/mol. The van der Waals surface area contributed by atoms with Gasteiger partial charge in [0.15, 0.2) is 0 Å². The maximum absolute atomic E-state index is 12.4. The van der Waals surface area contributed by atoms with Crippen LogP contribution in [-0.2, 0) is 14.8 Å². The van der Waals surface area contributed by atoms with E-state index in [1.54, 1.807) is 19.2 Å². The standard InChI is InChI=1S/C16H23N3O4S2/c1-3-4-9-18(2)25(22,23)14-7-5-13(6-8-14)17-15(20)12-19-10-11-24-16(19)21/h5-8H,3-4,9-12H2,1-2H3,(H,17,20). The Morgan fingerprint density at radius 1 is 1.32 bits per heavy atom. The van der Waals surface area contributed by atoms with E-state index in [0.717, 1.165) is 12.8 Å². The van der Waals surface area contributed by atoms with Crippen molar-refractivity contribution >= 4 is 38.6 Å². The number of nitrogens with one attached hydrogen (secondary N) is 1. The quantitative estimate of drug-likeness (QED) is 0.741. The van der Waals surface area contributed by atoms with E-state index in [0.29, 0.717) is 24.5 Å². The molecule has 2 amide bonds. The lowest BCUT2D eigenvalue weighted by Crippen LogP contribution is -2.33. The Kier molecular flexibility index (Phi) is 6.86. The number of carbonyl (C=O) groups excluding carboxylic acids is 2. The van der Waals surface area contributed by atoms with Gasteiger partial charge in [0.25, 0.3) is 5.24 Å². The topological polar surface area (TPSA) is 86.8 Å². The van der Waals surface area contributed by atoms with Crippen molar-refractivity contribution < 1.29 is 18.0 Å². The summed E-state index contributed by atoms with van der Waals surface area (Å²) in [5, 5.41) is 2.59. The third-order valence-corrected chi connectivity index (χ3v) is 6.62. The fraction of sp³-hybridized carbons (Fsp3) is 0.500. The van der Waals surface area contributed by atoms with Gasteiger partial charge in [-0.1, -0.05) is 25.1 Å². The minimum Gasteiger partial charge on any atom is -0.325 e. The van der Waals surface area contributed by atoms with Gasteiger partial charge in [-0.25, -0.2) is 12.7 Å². The van der Waals surface area contributed by atoms with Crippen molar-refractivity contribution in [2.75, 3.05) is 37.8 Å². The van der Waals surface area contributed by atoms with Crippen molar-refractivity contribution in [3.63, 3.8) is 0 Å². The molecule has 0 aromatic heterocycles. The fourth-order valence-electron chi connectivity index (χ4n) is 2.33. The molecule has 1 N–H and O–H groups in total. The van der Waals surface area contributed by atoms with Gasteiger partial charge in [-0.2, -0.15) is 0 Å². The second-order valence-electron chi connectivity index (χ2n) is 5.79. The second kappa shape index (κ2) is 8.68. The lowest BCUT2D eigenvalue weighted by atomic mass is 10.3. The predicted molar refractivity (Wildman–Crippen MR) is 99.2 cm³/mol. The van der Waals surface area contributed by atoms with Crippen molar-refractivity contribution in [3.05, 3.63) is 24.3 Å². The highest BCUT2D eigenvalue weighted by Gasteiger charge is 2.23. The molecule has 138 valence electrons. The second-order valence-corrected chi connectivity index (χ2v) is 8.88. The first-order valence-corrected chi connectivity index (χ1v) is 10.5. The summed E-state index contributed by atoms with van der Waals surface area (Å²) in [6, 6.07) is 6.06. The molecule has 0 unspecified atom stereocenters. The van der Waals surface area contributed by atoms with Crippen molar-refractivity contribution in [3.8, 4) is 0 Å². The van der Waals surface area contributed by atoms with Crippen LogP contribution in [0, 0.1) is 0 Å². The predicted octanol–water partition coefficient (Wildman–Crippen LogP) is 2.21. The zero-order valence-corrected chi connectivity index (χ0v) is 16.0. The highest BCUT2D eigenvalue weighted by molar-refractivity contribution is 8.13. The molecule has 1 aliphatic rings. The van der Waals surface area contributed by atoms with Gasteiger partial charge in [0.1, 0.15) is 6.54 Å². The number of carbonyl (C=O) groups is 2. The average Bonchev–Trinajstić information content (AvgIpc) is 2.97. The van der Waals surface area contributed by atoms with Crippen molar-refractivity contribution in [2.45, 2.75) is 24.7 Å². The van der Waals surface area contributed by atoms with Crippen LogP contribution in [0.3, 0.4) is 0 Å². The molecule has 25 heavy (non-hydrogen) atoms. The summed E-state index contributed by atoms with van der Waals surface area (Å²) >= 11 is 1.20. The van der Waals surface area contributed by atoms with E-state index < -0.39 is 10.0 Å². The van der Waals surface area contributed by atoms with Crippen molar-refractivity contribution in [1.29, 1.82) is 0 Å². The first kappa shape index (κ1) is 19.7. The van der Waals surface area contributed by atoms with E-state index in [-0.39, 0.29) is 22.6 Å². The van der Waals surface area contributed by atoms with Gasteiger partial charge in [-0.3, -0.25) is 9.59 Å². The largest absolute Gasteiger partial charge is 0.325 e. The monoisotopic (exact) mass is 385 g/mol. The molecular weight excluding hydrogens is 362 g/mol. The molecule has 0 saturated carbocycles. The van der Waals surface area contributed by atoms with Crippen LogP contribution >= 0.6 is 11.8 Å². The maximum atomic E-state index is 12.4. The van der Waals surface area contributed by atoms with E-state index in [9.17, 15) is 18.0 Å². The molecule has 1 aliphatic heterocycles. The summed E-state index contributed by atoms with van der Waals surface area (Å²) in [5.41, 5.74) is 0.500. The highest BCUT2D eigenvalue weighted by Crippen LogP contribution is 2.19. The van der Waals surface area contributed by atoms with Crippen LogP contribution in [0.25, 0.3) is 0 Å². The number of unbranched alkanes of at least 4 members (excludes halogenated alkanes) is 1. The Labute approximate surface area is 152 Å². The molecule has 1 aromatic carbocycles.